The van der Waals surface area contributed by atoms with E-state index in [-0.39, 0.29) is 0 Å². The van der Waals surface area contributed by atoms with Gasteiger partial charge in [0.15, 0.2) is 6.29 Å². The van der Waals surface area contributed by atoms with Crippen LogP contribution in [0.1, 0.15) is 22.3 Å². The summed E-state index contributed by atoms with van der Waals surface area (Å²) >= 11 is 1.53. The largest absolute Gasteiger partial charge is 0.296 e. The fourth-order valence-electron chi connectivity index (χ4n) is 0.640. The van der Waals surface area contributed by atoms with Crippen LogP contribution in [0.15, 0.2) is 5.51 Å². The molecule has 3 heteroatoms. The molecule has 0 unspecified atom stereocenters. The van der Waals surface area contributed by atoms with Gasteiger partial charge in [0.1, 0.15) is 5.69 Å². The van der Waals surface area contributed by atoms with Crippen molar-refractivity contribution in [3.8, 4) is 0 Å². The number of carbonyl (C=O) groups excluding carboxylic acids is 1. The molecule has 0 saturated heterocycles. The fraction of sp³-hybridized carbons (Fsp3) is 0.333. The maximum absolute atomic E-state index is 10.2. The highest BCUT2D eigenvalue weighted by molar-refractivity contribution is 7.09. The van der Waals surface area contributed by atoms with E-state index in [0.717, 1.165) is 17.6 Å². The molecule has 0 atom stereocenters. The zero-order valence-corrected chi connectivity index (χ0v) is 5.94. The summed E-state index contributed by atoms with van der Waals surface area (Å²) in [5.41, 5.74) is 2.30. The summed E-state index contributed by atoms with van der Waals surface area (Å²) in [4.78, 5) is 15.1. The Kier molecular flexibility index (Phi) is 1.95. The van der Waals surface area contributed by atoms with Crippen molar-refractivity contribution in [2.45, 2.75) is 13.3 Å². The van der Waals surface area contributed by atoms with Crippen LogP contribution < -0.4 is 0 Å². The highest BCUT2D eigenvalue weighted by Gasteiger charge is 1.99. The van der Waals surface area contributed by atoms with Gasteiger partial charge in [-0.25, -0.2) is 4.98 Å². The monoisotopic (exact) mass is 141 g/mol. The van der Waals surface area contributed by atoms with Crippen LogP contribution in [0.3, 0.4) is 0 Å². The Hall–Kier alpha value is -0.700. The molecule has 1 rings (SSSR count). The molecule has 0 saturated carbocycles. The Morgan fingerprint density at radius 1 is 1.89 bits per heavy atom. The molecule has 0 spiro atoms. The van der Waals surface area contributed by atoms with E-state index in [1.165, 1.54) is 11.3 Å². The highest BCUT2D eigenvalue weighted by Crippen LogP contribution is 2.10. The average molecular weight is 141 g/mol. The van der Waals surface area contributed by atoms with Crippen LogP contribution in [0, 0.1) is 0 Å². The van der Waals surface area contributed by atoms with Gasteiger partial charge in [0.05, 0.1) is 5.51 Å². The van der Waals surface area contributed by atoms with Gasteiger partial charge in [-0.05, 0) is 6.42 Å². The molecule has 0 aromatic carbocycles. The molecule has 0 aliphatic heterocycles. The quantitative estimate of drug-likeness (QED) is 0.584. The number of aromatic nitrogens is 1. The van der Waals surface area contributed by atoms with Crippen molar-refractivity contribution in [3.05, 3.63) is 16.1 Å². The van der Waals surface area contributed by atoms with E-state index in [1.54, 1.807) is 5.51 Å². The van der Waals surface area contributed by atoms with Crippen molar-refractivity contribution in [2.24, 2.45) is 0 Å². The van der Waals surface area contributed by atoms with E-state index in [0.29, 0.717) is 5.69 Å². The molecule has 0 aliphatic rings. The molecule has 0 radical (unpaired) electrons. The molecule has 1 aromatic heterocycles. The van der Waals surface area contributed by atoms with Crippen LogP contribution >= 0.6 is 11.3 Å². The van der Waals surface area contributed by atoms with E-state index < -0.39 is 0 Å². The molecule has 0 bridgehead atoms. The Labute approximate surface area is 57.5 Å². The minimum Gasteiger partial charge on any atom is -0.296 e. The molecule has 0 fully saturated rings. The normalized spacial score (nSPS) is 9.44. The van der Waals surface area contributed by atoms with E-state index in [1.807, 2.05) is 6.92 Å². The van der Waals surface area contributed by atoms with Gasteiger partial charge >= 0.3 is 0 Å². The predicted octanol–water partition coefficient (Wildman–Crippen LogP) is 1.52. The summed E-state index contributed by atoms with van der Waals surface area (Å²) in [7, 11) is 0. The standard InChI is InChI=1S/C6H7NOS/c1-2-6-5(3-8)7-4-9-6/h3-4H,2H2,1H3. The van der Waals surface area contributed by atoms with Gasteiger partial charge in [-0.3, -0.25) is 4.79 Å². The van der Waals surface area contributed by atoms with Crippen molar-refractivity contribution < 1.29 is 4.79 Å². The molecule has 1 heterocycles. The molecule has 1 aromatic rings. The number of rotatable bonds is 2. The third-order valence-corrected chi connectivity index (χ3v) is 2.10. The zero-order valence-electron chi connectivity index (χ0n) is 5.13. The van der Waals surface area contributed by atoms with Gasteiger partial charge in [-0.15, -0.1) is 11.3 Å². The highest BCUT2D eigenvalue weighted by atomic mass is 32.1. The summed E-state index contributed by atoms with van der Waals surface area (Å²) in [6, 6.07) is 0. The lowest BCUT2D eigenvalue weighted by Gasteiger charge is -1.84. The van der Waals surface area contributed by atoms with E-state index in [9.17, 15) is 4.79 Å². The summed E-state index contributed by atoms with van der Waals surface area (Å²) in [5, 5.41) is 0. The lowest BCUT2D eigenvalue weighted by Crippen LogP contribution is -1.83. The first kappa shape index (κ1) is 6.42. The maximum Gasteiger partial charge on any atom is 0.169 e. The van der Waals surface area contributed by atoms with E-state index in [2.05, 4.69) is 4.98 Å². The Morgan fingerprint density at radius 3 is 3.11 bits per heavy atom. The third kappa shape index (κ3) is 1.16. The molecule has 48 valence electrons. The molecule has 0 aliphatic carbocycles. The molecule has 0 amide bonds. The second-order valence-electron chi connectivity index (χ2n) is 1.63. The number of aryl methyl sites for hydroxylation is 1. The summed E-state index contributed by atoms with van der Waals surface area (Å²) in [6.45, 7) is 2.01. The smallest absolute Gasteiger partial charge is 0.169 e. The lowest BCUT2D eigenvalue weighted by molar-refractivity contribution is 0.111. The summed E-state index contributed by atoms with van der Waals surface area (Å²) in [6.07, 6.45) is 1.70. The topological polar surface area (TPSA) is 30.0 Å². The van der Waals surface area contributed by atoms with E-state index >= 15 is 0 Å². The zero-order chi connectivity index (χ0) is 6.69. The summed E-state index contributed by atoms with van der Waals surface area (Å²) in [5.74, 6) is 0. The number of aldehydes is 1. The third-order valence-electron chi connectivity index (χ3n) is 1.11. The Morgan fingerprint density at radius 2 is 2.67 bits per heavy atom. The van der Waals surface area contributed by atoms with Crippen LogP contribution in [0.2, 0.25) is 0 Å². The fourth-order valence-corrected chi connectivity index (χ4v) is 1.32. The molecule has 9 heavy (non-hydrogen) atoms. The number of carbonyl (C=O) groups is 1. The number of thiazole rings is 1. The van der Waals surface area contributed by atoms with Crippen LogP contribution in [0.25, 0.3) is 0 Å². The van der Waals surface area contributed by atoms with Crippen LogP contribution in [-0.4, -0.2) is 11.3 Å². The molecule has 0 N–H and O–H groups in total. The Balaban J connectivity index is 2.98. The molecular formula is C6H7NOS. The number of hydrogen-bond acceptors (Lipinski definition) is 3. The van der Waals surface area contributed by atoms with Gasteiger partial charge in [-0.2, -0.15) is 0 Å². The maximum atomic E-state index is 10.2. The van der Waals surface area contributed by atoms with Gasteiger partial charge in [0, 0.05) is 4.88 Å². The number of nitrogens with zero attached hydrogens (tertiary/aromatic N) is 1. The Bertz CT molecular complexity index is 207. The van der Waals surface area contributed by atoms with Crippen molar-refractivity contribution in [1.82, 2.24) is 4.98 Å². The minimum absolute atomic E-state index is 0.600. The van der Waals surface area contributed by atoms with Gasteiger partial charge in [-0.1, -0.05) is 6.92 Å². The first-order valence-electron chi connectivity index (χ1n) is 2.76. The van der Waals surface area contributed by atoms with Crippen molar-refractivity contribution in [3.63, 3.8) is 0 Å². The van der Waals surface area contributed by atoms with Gasteiger partial charge < -0.3 is 0 Å². The SMILES string of the molecule is CCc1scnc1C=O. The second kappa shape index (κ2) is 2.73. The van der Waals surface area contributed by atoms with Crippen LogP contribution in [0.5, 0.6) is 0 Å². The molecular weight excluding hydrogens is 134 g/mol. The van der Waals surface area contributed by atoms with Gasteiger partial charge in [0.2, 0.25) is 0 Å². The van der Waals surface area contributed by atoms with Crippen LogP contribution in [-0.2, 0) is 6.42 Å². The molecule has 2 nitrogen and oxygen atoms in total. The summed E-state index contributed by atoms with van der Waals surface area (Å²) < 4.78 is 0. The van der Waals surface area contributed by atoms with Crippen LogP contribution in [0.4, 0.5) is 0 Å². The van der Waals surface area contributed by atoms with Crippen molar-refractivity contribution >= 4 is 17.6 Å². The van der Waals surface area contributed by atoms with Crippen molar-refractivity contribution in [2.75, 3.05) is 0 Å². The average Bonchev–Trinajstić information content (AvgIpc) is 2.33. The first-order valence-corrected chi connectivity index (χ1v) is 3.64. The van der Waals surface area contributed by atoms with E-state index in [4.69, 9.17) is 0 Å². The lowest BCUT2D eigenvalue weighted by atomic mass is 10.3. The predicted molar refractivity (Wildman–Crippen MR) is 36.9 cm³/mol. The van der Waals surface area contributed by atoms with Gasteiger partial charge in [0.25, 0.3) is 0 Å². The minimum atomic E-state index is 0.600. The second-order valence-corrected chi connectivity index (χ2v) is 2.57. The number of hydrogen-bond donors (Lipinski definition) is 0. The first-order chi connectivity index (χ1) is 4.38. The van der Waals surface area contributed by atoms with Crippen molar-refractivity contribution in [1.29, 1.82) is 0 Å².